The van der Waals surface area contributed by atoms with Crippen LogP contribution in [0.3, 0.4) is 0 Å². The van der Waals surface area contributed by atoms with Gasteiger partial charge >= 0.3 is 6.03 Å². The summed E-state index contributed by atoms with van der Waals surface area (Å²) >= 11 is 0. The second kappa shape index (κ2) is 7.53. The Bertz CT molecular complexity index is 543. The lowest BCUT2D eigenvalue weighted by molar-refractivity contribution is -0.141. The van der Waals surface area contributed by atoms with Crippen LogP contribution in [0.1, 0.15) is 24.8 Å². The number of rotatable bonds is 5. The van der Waals surface area contributed by atoms with Crippen molar-refractivity contribution in [3.8, 4) is 0 Å². The first-order chi connectivity index (χ1) is 11.6. The summed E-state index contributed by atoms with van der Waals surface area (Å²) in [6, 6.07) is 10.8. The lowest BCUT2D eigenvalue weighted by atomic mass is 9.79. The number of benzene rings is 1. The zero-order valence-electron chi connectivity index (χ0n) is 14.8. The number of amides is 2. The fourth-order valence-electron chi connectivity index (χ4n) is 3.53. The second-order valence-corrected chi connectivity index (χ2v) is 7.30. The lowest BCUT2D eigenvalue weighted by Crippen LogP contribution is -2.59. The van der Waals surface area contributed by atoms with Gasteiger partial charge in [-0.15, -0.1) is 0 Å². The van der Waals surface area contributed by atoms with Gasteiger partial charge in [0.25, 0.3) is 0 Å². The van der Waals surface area contributed by atoms with E-state index in [0.717, 1.165) is 25.8 Å². The van der Waals surface area contributed by atoms with Crippen molar-refractivity contribution in [3.05, 3.63) is 35.9 Å². The molecule has 2 amide bonds. The molecule has 5 heteroatoms. The molecule has 1 atom stereocenters. The van der Waals surface area contributed by atoms with Crippen LogP contribution in [-0.4, -0.2) is 67.8 Å². The topological polar surface area (TPSA) is 44.8 Å². The number of nitrogens with zero attached hydrogens (tertiary/aromatic N) is 2. The third-order valence-corrected chi connectivity index (χ3v) is 5.33. The summed E-state index contributed by atoms with van der Waals surface area (Å²) in [5.74, 6) is 0. The van der Waals surface area contributed by atoms with Crippen molar-refractivity contribution < 1.29 is 9.53 Å². The molecular formula is C19H29N3O2. The molecule has 1 aromatic carbocycles. The van der Waals surface area contributed by atoms with Crippen molar-refractivity contribution in [2.75, 3.05) is 40.3 Å². The van der Waals surface area contributed by atoms with Crippen molar-refractivity contribution in [2.24, 2.45) is 0 Å². The Balaban J connectivity index is 1.51. The lowest BCUT2D eigenvalue weighted by Gasteiger charge is -2.48. The van der Waals surface area contributed by atoms with Crippen LogP contribution < -0.4 is 5.32 Å². The number of hydrogen-bond acceptors (Lipinski definition) is 3. The Morgan fingerprint density at radius 2 is 2.08 bits per heavy atom. The molecule has 0 aromatic heterocycles. The van der Waals surface area contributed by atoms with Crippen LogP contribution in [0, 0.1) is 0 Å². The molecule has 3 rings (SSSR count). The summed E-state index contributed by atoms with van der Waals surface area (Å²) in [6.07, 6.45) is 4.33. The van der Waals surface area contributed by atoms with Gasteiger partial charge in [-0.05, 0) is 45.3 Å². The average Bonchev–Trinajstić information content (AvgIpc) is 2.57. The molecule has 2 fully saturated rings. The van der Waals surface area contributed by atoms with Crippen LogP contribution in [0.2, 0.25) is 0 Å². The molecule has 24 heavy (non-hydrogen) atoms. The number of likely N-dealkylation sites (N-methyl/N-ethyl adjacent to an activating group) is 1. The third kappa shape index (κ3) is 4.08. The standard InChI is InChI=1S/C19H29N3O2/c1-21(2)17(13-16-7-4-3-5-8-16)14-20-18(23)22-11-12-24-19(15-22)9-6-10-19/h3-5,7-8,17H,6,9-15H2,1-2H3,(H,20,23). The van der Waals surface area contributed by atoms with E-state index in [0.29, 0.717) is 19.7 Å². The number of carbonyl (C=O) groups excluding carboxylic acids is 1. The Kier molecular flexibility index (Phi) is 5.41. The summed E-state index contributed by atoms with van der Waals surface area (Å²) in [7, 11) is 4.13. The van der Waals surface area contributed by atoms with Crippen molar-refractivity contribution in [2.45, 2.75) is 37.3 Å². The van der Waals surface area contributed by atoms with Crippen LogP contribution in [-0.2, 0) is 11.2 Å². The van der Waals surface area contributed by atoms with Gasteiger partial charge in [0.2, 0.25) is 0 Å². The number of nitrogens with one attached hydrogen (secondary N) is 1. The molecule has 1 saturated heterocycles. The number of morpholine rings is 1. The Morgan fingerprint density at radius 1 is 1.33 bits per heavy atom. The minimum absolute atomic E-state index is 0.0411. The largest absolute Gasteiger partial charge is 0.371 e. The van der Waals surface area contributed by atoms with E-state index in [1.165, 1.54) is 12.0 Å². The zero-order valence-corrected chi connectivity index (χ0v) is 14.8. The maximum Gasteiger partial charge on any atom is 0.317 e. The molecule has 1 aliphatic heterocycles. The first-order valence-electron chi connectivity index (χ1n) is 8.95. The Labute approximate surface area is 145 Å². The van der Waals surface area contributed by atoms with E-state index in [4.69, 9.17) is 4.74 Å². The summed E-state index contributed by atoms with van der Waals surface area (Å²) in [4.78, 5) is 16.7. The molecule has 1 saturated carbocycles. The fraction of sp³-hybridized carbons (Fsp3) is 0.632. The van der Waals surface area contributed by atoms with Gasteiger partial charge in [0.1, 0.15) is 0 Å². The predicted molar refractivity (Wildman–Crippen MR) is 95.1 cm³/mol. The maximum absolute atomic E-state index is 12.5. The van der Waals surface area contributed by atoms with Crippen molar-refractivity contribution in [1.29, 1.82) is 0 Å². The highest BCUT2D eigenvalue weighted by Crippen LogP contribution is 2.38. The van der Waals surface area contributed by atoms with E-state index in [9.17, 15) is 4.79 Å². The highest BCUT2D eigenvalue weighted by atomic mass is 16.5. The monoisotopic (exact) mass is 331 g/mol. The van der Waals surface area contributed by atoms with Gasteiger partial charge in [0.05, 0.1) is 18.8 Å². The average molecular weight is 331 g/mol. The normalized spacial score (nSPS) is 20.7. The van der Waals surface area contributed by atoms with Crippen LogP contribution in [0.5, 0.6) is 0 Å². The number of carbonyl (C=O) groups is 1. The molecule has 0 radical (unpaired) electrons. The van der Waals surface area contributed by atoms with Gasteiger partial charge in [0.15, 0.2) is 0 Å². The highest BCUT2D eigenvalue weighted by Gasteiger charge is 2.43. The van der Waals surface area contributed by atoms with Gasteiger partial charge < -0.3 is 19.9 Å². The smallest absolute Gasteiger partial charge is 0.317 e. The van der Waals surface area contributed by atoms with Crippen LogP contribution >= 0.6 is 0 Å². The predicted octanol–water partition coefficient (Wildman–Crippen LogP) is 2.12. The Hall–Kier alpha value is -1.59. The second-order valence-electron chi connectivity index (χ2n) is 7.30. The first-order valence-corrected chi connectivity index (χ1v) is 8.95. The summed E-state index contributed by atoms with van der Waals surface area (Å²) in [5.41, 5.74) is 1.26. The molecule has 2 aliphatic rings. The van der Waals surface area contributed by atoms with E-state index in [1.807, 2.05) is 11.0 Å². The van der Waals surface area contributed by atoms with E-state index in [-0.39, 0.29) is 17.7 Å². The molecule has 1 heterocycles. The van der Waals surface area contributed by atoms with E-state index in [1.54, 1.807) is 0 Å². The van der Waals surface area contributed by atoms with Gasteiger partial charge in [-0.3, -0.25) is 0 Å². The van der Waals surface area contributed by atoms with Gasteiger partial charge in [-0.25, -0.2) is 4.79 Å². The van der Waals surface area contributed by atoms with Crippen molar-refractivity contribution >= 4 is 6.03 Å². The van der Waals surface area contributed by atoms with Crippen molar-refractivity contribution in [3.63, 3.8) is 0 Å². The Morgan fingerprint density at radius 3 is 2.71 bits per heavy atom. The molecule has 1 N–H and O–H groups in total. The maximum atomic E-state index is 12.5. The molecule has 0 bridgehead atoms. The number of urea groups is 1. The molecule has 1 aliphatic carbocycles. The molecule has 1 unspecified atom stereocenters. The molecule has 5 nitrogen and oxygen atoms in total. The van der Waals surface area contributed by atoms with Gasteiger partial charge in [-0.1, -0.05) is 30.3 Å². The summed E-state index contributed by atoms with van der Waals surface area (Å²) in [5, 5.41) is 3.13. The number of hydrogen-bond donors (Lipinski definition) is 1. The fourth-order valence-corrected chi connectivity index (χ4v) is 3.53. The molecule has 132 valence electrons. The van der Waals surface area contributed by atoms with E-state index in [2.05, 4.69) is 48.6 Å². The van der Waals surface area contributed by atoms with Crippen LogP contribution in [0.15, 0.2) is 30.3 Å². The van der Waals surface area contributed by atoms with Crippen LogP contribution in [0.25, 0.3) is 0 Å². The number of ether oxygens (including phenoxy) is 1. The first kappa shape index (κ1) is 17.2. The van der Waals surface area contributed by atoms with E-state index < -0.39 is 0 Å². The van der Waals surface area contributed by atoms with Crippen LogP contribution in [0.4, 0.5) is 4.79 Å². The quantitative estimate of drug-likeness (QED) is 0.899. The SMILES string of the molecule is CN(C)C(CNC(=O)N1CCOC2(CCC2)C1)Cc1ccccc1. The summed E-state index contributed by atoms with van der Waals surface area (Å²) < 4.78 is 5.89. The van der Waals surface area contributed by atoms with Gasteiger partial charge in [-0.2, -0.15) is 0 Å². The molecule has 1 aromatic rings. The van der Waals surface area contributed by atoms with Crippen molar-refractivity contribution in [1.82, 2.24) is 15.1 Å². The zero-order chi connectivity index (χ0) is 17.0. The summed E-state index contributed by atoms with van der Waals surface area (Å²) in [6.45, 7) is 2.75. The molecule has 1 spiro atoms. The third-order valence-electron chi connectivity index (χ3n) is 5.33. The van der Waals surface area contributed by atoms with E-state index >= 15 is 0 Å². The molecular weight excluding hydrogens is 302 g/mol. The highest BCUT2D eigenvalue weighted by molar-refractivity contribution is 5.74. The van der Waals surface area contributed by atoms with Gasteiger partial charge in [0, 0.05) is 19.1 Å². The minimum atomic E-state index is -0.0411. The minimum Gasteiger partial charge on any atom is -0.371 e.